The van der Waals surface area contributed by atoms with E-state index in [4.69, 9.17) is 4.74 Å². The maximum Gasteiger partial charge on any atom is 0.191 e. The summed E-state index contributed by atoms with van der Waals surface area (Å²) < 4.78 is 5.49. The van der Waals surface area contributed by atoms with E-state index in [2.05, 4.69) is 44.6 Å². The number of aromatic nitrogens is 1. The Balaban J connectivity index is 0.00000261. The standard InChI is InChI=1S/C19H27N5OS.HI/c1-14-10-21-18(26-14)12-23-19(20-2)22-11-15-8-9-24(13-15)16-6-4-5-7-17(16)25-3;/h4-7,10,15H,8-9,11-13H2,1-3H3,(H2,20,22,23);1H. The number of rotatable bonds is 6. The zero-order chi connectivity index (χ0) is 18.4. The molecule has 0 bridgehead atoms. The molecule has 1 aliphatic heterocycles. The lowest BCUT2D eigenvalue weighted by atomic mass is 10.1. The van der Waals surface area contributed by atoms with Gasteiger partial charge in [0.2, 0.25) is 0 Å². The Morgan fingerprint density at radius 3 is 2.89 bits per heavy atom. The van der Waals surface area contributed by atoms with Crippen LogP contribution in [0.15, 0.2) is 35.5 Å². The number of hydrogen-bond donors (Lipinski definition) is 2. The Labute approximate surface area is 182 Å². The van der Waals surface area contributed by atoms with E-state index in [1.807, 2.05) is 18.3 Å². The second kappa shape index (κ2) is 10.7. The Morgan fingerprint density at radius 2 is 2.19 bits per heavy atom. The van der Waals surface area contributed by atoms with Gasteiger partial charge in [0, 0.05) is 37.8 Å². The van der Waals surface area contributed by atoms with Crippen molar-refractivity contribution in [1.82, 2.24) is 15.6 Å². The van der Waals surface area contributed by atoms with E-state index in [0.29, 0.717) is 12.5 Å². The number of thiazole rings is 1. The van der Waals surface area contributed by atoms with Crippen LogP contribution in [-0.4, -0.2) is 44.7 Å². The summed E-state index contributed by atoms with van der Waals surface area (Å²) in [4.78, 5) is 12.3. The van der Waals surface area contributed by atoms with Crippen molar-refractivity contribution in [3.05, 3.63) is 40.3 Å². The van der Waals surface area contributed by atoms with Crippen LogP contribution in [0.2, 0.25) is 0 Å². The first-order valence-corrected chi connectivity index (χ1v) is 9.75. The van der Waals surface area contributed by atoms with Gasteiger partial charge in [0.25, 0.3) is 0 Å². The first kappa shape index (κ1) is 21.7. The molecule has 2 N–H and O–H groups in total. The van der Waals surface area contributed by atoms with E-state index in [0.717, 1.165) is 42.8 Å². The second-order valence-electron chi connectivity index (χ2n) is 6.44. The summed E-state index contributed by atoms with van der Waals surface area (Å²) in [7, 11) is 3.53. The summed E-state index contributed by atoms with van der Waals surface area (Å²) in [5.74, 6) is 2.35. The summed E-state index contributed by atoms with van der Waals surface area (Å²) in [5, 5.41) is 7.86. The number of methoxy groups -OCH3 is 1. The Hall–Kier alpha value is -1.55. The number of nitrogens with zero attached hydrogens (tertiary/aromatic N) is 3. The van der Waals surface area contributed by atoms with E-state index < -0.39 is 0 Å². The normalized spacial score (nSPS) is 16.8. The molecule has 1 fully saturated rings. The Bertz CT molecular complexity index is 751. The average molecular weight is 501 g/mol. The van der Waals surface area contributed by atoms with E-state index in [9.17, 15) is 0 Å². The molecule has 0 saturated carbocycles. The minimum Gasteiger partial charge on any atom is -0.495 e. The van der Waals surface area contributed by atoms with Gasteiger partial charge in [-0.1, -0.05) is 12.1 Å². The summed E-state index contributed by atoms with van der Waals surface area (Å²) in [6.07, 6.45) is 3.07. The molecule has 3 rings (SSSR count). The van der Waals surface area contributed by atoms with Gasteiger partial charge in [-0.15, -0.1) is 35.3 Å². The number of benzene rings is 1. The van der Waals surface area contributed by atoms with Crippen LogP contribution >= 0.6 is 35.3 Å². The number of hydrogen-bond acceptors (Lipinski definition) is 5. The van der Waals surface area contributed by atoms with Crippen LogP contribution < -0.4 is 20.3 Å². The molecule has 0 amide bonds. The van der Waals surface area contributed by atoms with Gasteiger partial charge < -0.3 is 20.3 Å². The van der Waals surface area contributed by atoms with Gasteiger partial charge in [-0.05, 0) is 31.4 Å². The molecule has 1 aliphatic rings. The second-order valence-corrected chi connectivity index (χ2v) is 7.76. The van der Waals surface area contributed by atoms with Crippen LogP contribution in [0.25, 0.3) is 0 Å². The number of para-hydroxylation sites is 2. The number of aryl methyl sites for hydroxylation is 1. The van der Waals surface area contributed by atoms with Gasteiger partial charge in [-0.2, -0.15) is 0 Å². The van der Waals surface area contributed by atoms with Crippen molar-refractivity contribution >= 4 is 47.0 Å². The SMILES string of the molecule is CN=C(NCc1ncc(C)s1)NCC1CCN(c2ccccc2OC)C1.I. The lowest BCUT2D eigenvalue weighted by Crippen LogP contribution is -2.39. The zero-order valence-corrected chi connectivity index (χ0v) is 19.2. The molecule has 2 aromatic rings. The first-order chi connectivity index (χ1) is 12.7. The lowest BCUT2D eigenvalue weighted by Gasteiger charge is -2.21. The van der Waals surface area contributed by atoms with Gasteiger partial charge >= 0.3 is 0 Å². The average Bonchev–Trinajstić information content (AvgIpc) is 3.31. The van der Waals surface area contributed by atoms with Gasteiger partial charge in [0.05, 0.1) is 19.3 Å². The fraction of sp³-hybridized carbons (Fsp3) is 0.474. The van der Waals surface area contributed by atoms with Crippen molar-refractivity contribution in [2.75, 3.05) is 38.7 Å². The third-order valence-electron chi connectivity index (χ3n) is 4.57. The van der Waals surface area contributed by atoms with Gasteiger partial charge in [0.1, 0.15) is 10.8 Å². The molecule has 1 atom stereocenters. The molecule has 27 heavy (non-hydrogen) atoms. The Morgan fingerprint density at radius 1 is 1.37 bits per heavy atom. The van der Waals surface area contributed by atoms with Crippen LogP contribution in [0.4, 0.5) is 5.69 Å². The minimum atomic E-state index is 0. The van der Waals surface area contributed by atoms with E-state index in [1.165, 1.54) is 10.6 Å². The highest BCUT2D eigenvalue weighted by Gasteiger charge is 2.24. The predicted molar refractivity (Wildman–Crippen MR) is 124 cm³/mol. The van der Waals surface area contributed by atoms with Gasteiger partial charge in [0.15, 0.2) is 5.96 Å². The van der Waals surface area contributed by atoms with Gasteiger partial charge in [-0.25, -0.2) is 4.98 Å². The van der Waals surface area contributed by atoms with Crippen LogP contribution in [0.3, 0.4) is 0 Å². The molecule has 6 nitrogen and oxygen atoms in total. The number of ether oxygens (including phenoxy) is 1. The van der Waals surface area contributed by atoms with Crippen LogP contribution in [-0.2, 0) is 6.54 Å². The maximum absolute atomic E-state index is 5.49. The molecular formula is C19H28IN5OS. The van der Waals surface area contributed by atoms with Crippen LogP contribution in [0.1, 0.15) is 16.3 Å². The van der Waals surface area contributed by atoms with Crippen molar-refractivity contribution < 1.29 is 4.74 Å². The van der Waals surface area contributed by atoms with E-state index in [1.54, 1.807) is 25.5 Å². The molecule has 0 spiro atoms. The van der Waals surface area contributed by atoms with Crippen molar-refractivity contribution in [2.24, 2.45) is 10.9 Å². The largest absolute Gasteiger partial charge is 0.495 e. The molecule has 1 unspecified atom stereocenters. The van der Waals surface area contributed by atoms with Crippen molar-refractivity contribution in [3.63, 3.8) is 0 Å². The highest BCUT2D eigenvalue weighted by Crippen LogP contribution is 2.31. The van der Waals surface area contributed by atoms with E-state index >= 15 is 0 Å². The number of anilines is 1. The molecule has 0 aliphatic carbocycles. The fourth-order valence-corrected chi connectivity index (χ4v) is 3.94. The highest BCUT2D eigenvalue weighted by molar-refractivity contribution is 14.0. The molecule has 2 heterocycles. The number of halogens is 1. The molecule has 0 radical (unpaired) electrons. The monoisotopic (exact) mass is 501 g/mol. The third kappa shape index (κ3) is 5.97. The number of aliphatic imine (C=N–C) groups is 1. The zero-order valence-electron chi connectivity index (χ0n) is 16.1. The third-order valence-corrected chi connectivity index (χ3v) is 5.48. The summed E-state index contributed by atoms with van der Waals surface area (Å²) >= 11 is 1.71. The number of guanidine groups is 1. The predicted octanol–water partition coefficient (Wildman–Crippen LogP) is 3.27. The van der Waals surface area contributed by atoms with Crippen LogP contribution in [0, 0.1) is 12.8 Å². The Kier molecular flexibility index (Phi) is 8.62. The highest BCUT2D eigenvalue weighted by atomic mass is 127. The van der Waals surface area contributed by atoms with Gasteiger partial charge in [-0.3, -0.25) is 4.99 Å². The first-order valence-electron chi connectivity index (χ1n) is 8.93. The molecule has 148 valence electrons. The lowest BCUT2D eigenvalue weighted by molar-refractivity contribution is 0.414. The van der Waals surface area contributed by atoms with Crippen molar-refractivity contribution in [2.45, 2.75) is 19.9 Å². The van der Waals surface area contributed by atoms with E-state index in [-0.39, 0.29) is 24.0 Å². The molecular weight excluding hydrogens is 473 g/mol. The number of nitrogens with one attached hydrogen (secondary N) is 2. The molecule has 8 heteroatoms. The quantitative estimate of drug-likeness (QED) is 0.362. The maximum atomic E-state index is 5.49. The van der Waals surface area contributed by atoms with Crippen molar-refractivity contribution in [1.29, 1.82) is 0 Å². The molecule has 1 saturated heterocycles. The molecule has 1 aromatic heterocycles. The summed E-state index contributed by atoms with van der Waals surface area (Å²) in [6.45, 7) is 5.76. The smallest absolute Gasteiger partial charge is 0.191 e. The van der Waals surface area contributed by atoms with Crippen molar-refractivity contribution in [3.8, 4) is 5.75 Å². The summed E-state index contributed by atoms with van der Waals surface area (Å²) in [5.41, 5.74) is 1.18. The fourth-order valence-electron chi connectivity index (χ4n) is 3.21. The molecule has 1 aromatic carbocycles. The minimum absolute atomic E-state index is 0. The van der Waals surface area contributed by atoms with Crippen LogP contribution in [0.5, 0.6) is 5.75 Å². The topological polar surface area (TPSA) is 61.8 Å². The summed E-state index contributed by atoms with van der Waals surface area (Å²) in [6, 6.07) is 8.23.